The van der Waals surface area contributed by atoms with E-state index in [2.05, 4.69) is 139 Å². The molecule has 0 aliphatic carbocycles. The van der Waals surface area contributed by atoms with Crippen LogP contribution in [0.1, 0.15) is 27.8 Å². The largest absolute Gasteiger partial charge is 0.309 e. The predicted molar refractivity (Wildman–Crippen MR) is 260 cm³/mol. The van der Waals surface area contributed by atoms with Crippen molar-refractivity contribution in [2.24, 2.45) is 0 Å². The van der Waals surface area contributed by atoms with Crippen LogP contribution < -0.4 is 0 Å². The Balaban J connectivity index is 1.25. The Morgan fingerprint density at radius 1 is 0.438 bits per heavy atom. The first-order valence-electron chi connectivity index (χ1n) is 21.3. The lowest BCUT2D eigenvalue weighted by Crippen LogP contribution is -2.06. The minimum Gasteiger partial charge on any atom is -0.309 e. The molecule has 0 spiro atoms. The smallest absolute Gasteiger partial charge is 0.194 e. The Labute approximate surface area is 370 Å². The zero-order valence-corrected chi connectivity index (χ0v) is 35.7. The molecule has 0 aliphatic rings. The second-order valence-corrected chi connectivity index (χ2v) is 16.6. The third kappa shape index (κ3) is 6.30. The Kier molecular flexibility index (Phi) is 9.01. The molecule has 302 valence electrons. The molecule has 0 aliphatic heterocycles. The topological polar surface area (TPSA) is 76.7 Å². The van der Waals surface area contributed by atoms with Gasteiger partial charge in [0.05, 0.1) is 51.6 Å². The Morgan fingerprint density at radius 3 is 1.39 bits per heavy atom. The summed E-state index contributed by atoms with van der Waals surface area (Å²) in [6, 6.07) is 58.4. The maximum Gasteiger partial charge on any atom is 0.194 e. The van der Waals surface area contributed by atoms with Crippen LogP contribution in [0, 0.1) is 45.6 Å². The van der Waals surface area contributed by atoms with Crippen molar-refractivity contribution in [2.75, 3.05) is 0 Å². The summed E-state index contributed by atoms with van der Waals surface area (Å²) in [6.07, 6.45) is 0. The van der Waals surface area contributed by atoms with Crippen molar-refractivity contribution in [3.05, 3.63) is 203 Å². The van der Waals surface area contributed by atoms with Gasteiger partial charge < -0.3 is 9.13 Å². The molecule has 0 amide bonds. The average Bonchev–Trinajstić information content (AvgIpc) is 3.81. The van der Waals surface area contributed by atoms with E-state index in [1.807, 2.05) is 72.8 Å². The van der Waals surface area contributed by atoms with E-state index in [9.17, 15) is 5.26 Å². The molecule has 7 heteroatoms. The Morgan fingerprint density at radius 2 is 0.891 bits per heavy atom. The number of rotatable bonds is 6. The summed E-state index contributed by atoms with van der Waals surface area (Å²) in [6.45, 7) is 16.6. The molecule has 64 heavy (non-hydrogen) atoms. The quantitative estimate of drug-likeness (QED) is 0.157. The molecule has 11 rings (SSSR count). The molecule has 0 saturated heterocycles. The summed E-state index contributed by atoms with van der Waals surface area (Å²) in [4.78, 5) is 19.9. The number of hydrogen-bond donors (Lipinski definition) is 0. The van der Waals surface area contributed by atoms with Crippen LogP contribution in [0.25, 0.3) is 105 Å². The van der Waals surface area contributed by atoms with Gasteiger partial charge in [-0.3, -0.25) is 0 Å². The molecule has 0 N–H and O–H groups in total. The van der Waals surface area contributed by atoms with E-state index >= 15 is 0 Å². The minimum atomic E-state index is 0.427. The molecular weight excluding hydrogens is 783 g/mol. The van der Waals surface area contributed by atoms with Crippen molar-refractivity contribution in [1.29, 1.82) is 5.26 Å². The summed E-state index contributed by atoms with van der Waals surface area (Å²) >= 11 is 0. The molecule has 11 aromatic rings. The van der Waals surface area contributed by atoms with Gasteiger partial charge in [0, 0.05) is 38.2 Å². The highest BCUT2D eigenvalue weighted by Crippen LogP contribution is 2.42. The molecule has 0 bridgehead atoms. The summed E-state index contributed by atoms with van der Waals surface area (Å²) in [5.74, 6) is 1.38. The van der Waals surface area contributed by atoms with Crippen molar-refractivity contribution in [3.63, 3.8) is 0 Å². The maximum absolute atomic E-state index is 10.4. The first kappa shape index (κ1) is 38.3. The van der Waals surface area contributed by atoms with E-state index in [1.165, 1.54) is 22.3 Å². The average molecular weight is 822 g/mol. The van der Waals surface area contributed by atoms with Crippen LogP contribution in [0.15, 0.2) is 164 Å². The van der Waals surface area contributed by atoms with Gasteiger partial charge in [-0.1, -0.05) is 107 Å². The zero-order chi connectivity index (χ0) is 43.6. The number of para-hydroxylation sites is 1. The number of aromatic nitrogens is 5. The molecule has 7 nitrogen and oxygen atoms in total. The third-order valence-electron chi connectivity index (χ3n) is 12.2. The van der Waals surface area contributed by atoms with Gasteiger partial charge in [0.2, 0.25) is 0 Å². The van der Waals surface area contributed by atoms with Crippen molar-refractivity contribution in [1.82, 2.24) is 24.1 Å². The summed E-state index contributed by atoms with van der Waals surface area (Å²) in [5, 5.41) is 15.0. The molecule has 0 unspecified atom stereocenters. The monoisotopic (exact) mass is 821 g/mol. The fourth-order valence-electron chi connectivity index (χ4n) is 9.23. The van der Waals surface area contributed by atoms with E-state index in [1.54, 1.807) is 0 Å². The van der Waals surface area contributed by atoms with Crippen molar-refractivity contribution < 1.29 is 0 Å². The van der Waals surface area contributed by atoms with E-state index in [4.69, 9.17) is 21.5 Å². The minimum absolute atomic E-state index is 0.427. The highest BCUT2D eigenvalue weighted by atomic mass is 15.1. The van der Waals surface area contributed by atoms with E-state index in [-0.39, 0.29) is 0 Å². The van der Waals surface area contributed by atoms with Gasteiger partial charge in [-0.15, -0.1) is 0 Å². The van der Waals surface area contributed by atoms with E-state index in [0.29, 0.717) is 34.3 Å². The summed E-state index contributed by atoms with van der Waals surface area (Å²) in [5.41, 5.74) is 15.6. The van der Waals surface area contributed by atoms with Crippen LogP contribution in [0.4, 0.5) is 5.69 Å². The zero-order valence-electron chi connectivity index (χ0n) is 35.7. The van der Waals surface area contributed by atoms with Gasteiger partial charge in [-0.05, 0) is 118 Å². The van der Waals surface area contributed by atoms with Gasteiger partial charge in [-0.25, -0.2) is 19.8 Å². The number of aryl methyl sites for hydroxylation is 4. The summed E-state index contributed by atoms with van der Waals surface area (Å²) < 4.78 is 4.57. The van der Waals surface area contributed by atoms with Gasteiger partial charge in [0.1, 0.15) is 0 Å². The second kappa shape index (κ2) is 15.1. The van der Waals surface area contributed by atoms with Gasteiger partial charge >= 0.3 is 0 Å². The molecule has 0 fully saturated rings. The fraction of sp³-hybridized carbons (Fsp3) is 0.0702. The molecular formula is C57H39N7. The second-order valence-electron chi connectivity index (χ2n) is 16.6. The van der Waals surface area contributed by atoms with Crippen LogP contribution in [-0.4, -0.2) is 24.1 Å². The first-order valence-corrected chi connectivity index (χ1v) is 21.3. The lowest BCUT2D eigenvalue weighted by Gasteiger charge is -2.18. The Bertz CT molecular complexity index is 3680. The molecule has 0 saturated carbocycles. The van der Waals surface area contributed by atoms with Crippen molar-refractivity contribution in [2.45, 2.75) is 27.7 Å². The van der Waals surface area contributed by atoms with Crippen molar-refractivity contribution >= 4 is 49.3 Å². The SMILES string of the molecule is [C-]#[N+]c1ccccc1-c1ccc(-n2c3ccc(C)cc3c3cc(C)ccc32)c(-c2nc(-c3ccccc3)nc(-c3cc(C#N)ccc3-n3c4ccc(C)cc4c4cc(C)ccc43)n2)c1. The lowest BCUT2D eigenvalue weighted by molar-refractivity contribution is 1.06. The maximum atomic E-state index is 10.4. The highest BCUT2D eigenvalue weighted by molar-refractivity contribution is 6.11. The Hall–Kier alpha value is -8.65. The predicted octanol–water partition coefficient (Wildman–Crippen LogP) is 14.4. The molecule has 3 aromatic heterocycles. The molecule has 0 atom stereocenters. The van der Waals surface area contributed by atoms with Crippen LogP contribution in [0.3, 0.4) is 0 Å². The normalized spacial score (nSPS) is 11.4. The van der Waals surface area contributed by atoms with Gasteiger partial charge in [0.15, 0.2) is 23.2 Å². The highest BCUT2D eigenvalue weighted by Gasteiger charge is 2.24. The fourth-order valence-corrected chi connectivity index (χ4v) is 9.23. The van der Waals surface area contributed by atoms with Gasteiger partial charge in [0.25, 0.3) is 0 Å². The number of nitrogens with zero attached hydrogens (tertiary/aromatic N) is 7. The number of benzene rings is 8. The van der Waals surface area contributed by atoms with E-state index in [0.717, 1.165) is 77.2 Å². The number of hydrogen-bond acceptors (Lipinski definition) is 4. The first-order chi connectivity index (χ1) is 31.3. The number of fused-ring (bicyclic) bond motifs is 6. The van der Waals surface area contributed by atoms with Crippen molar-refractivity contribution in [3.8, 4) is 62.7 Å². The van der Waals surface area contributed by atoms with Gasteiger partial charge in [-0.2, -0.15) is 5.26 Å². The molecule has 3 heterocycles. The number of nitriles is 1. The van der Waals surface area contributed by atoms with E-state index < -0.39 is 0 Å². The summed E-state index contributed by atoms with van der Waals surface area (Å²) in [7, 11) is 0. The standard InChI is InChI=1S/C57H39N7/c1-34-15-21-49-42(27-34)43-28-35(2)16-22-50(43)63(49)53-25-19-38(33-58)31-46(53)56-60-55(39-11-7-6-8-12-39)61-57(62-56)47-32-40(41-13-9-10-14-48(41)59-5)20-26-54(47)64-51-23-17-36(3)29-44(51)45-30-37(4)18-24-52(45)64/h6-32H,1-4H3. The van der Waals surface area contributed by atoms with Crippen LogP contribution in [0.5, 0.6) is 0 Å². The third-order valence-corrected chi connectivity index (χ3v) is 12.2. The van der Waals surface area contributed by atoms with Crippen LogP contribution in [-0.2, 0) is 0 Å². The molecule has 0 radical (unpaired) electrons. The van der Waals surface area contributed by atoms with Crippen LogP contribution >= 0.6 is 0 Å². The lowest BCUT2D eigenvalue weighted by atomic mass is 9.99. The van der Waals surface area contributed by atoms with Crippen LogP contribution in [0.2, 0.25) is 0 Å². The molecule has 8 aromatic carbocycles.